The standard InChI is InChI=1S/C26H46O3Si/c1-18-9-8-14-25(17-29-30(6,7)23(2,3)4)21-13-15-24(5)20(10-11-22(24)27)19(21)12-16-26(18,25)28/h18-21,28H,8-17H2,1-7H3/t18-,19-,20-,21-,24-,25-,26+/m0/s1. The van der Waals surface area contributed by atoms with Crippen molar-refractivity contribution in [3.63, 3.8) is 0 Å². The maximum absolute atomic E-state index is 12.8. The number of hydrogen-bond acceptors (Lipinski definition) is 3. The summed E-state index contributed by atoms with van der Waals surface area (Å²) in [4.78, 5) is 12.8. The molecule has 4 aliphatic carbocycles. The number of hydrogen-bond donors (Lipinski definition) is 1. The maximum atomic E-state index is 12.8. The van der Waals surface area contributed by atoms with Crippen molar-refractivity contribution in [3.05, 3.63) is 0 Å². The first-order valence-corrected chi connectivity index (χ1v) is 15.6. The lowest BCUT2D eigenvalue weighted by molar-refractivity contribution is -0.242. The number of rotatable bonds is 3. The largest absolute Gasteiger partial charge is 0.416 e. The summed E-state index contributed by atoms with van der Waals surface area (Å²) in [6.07, 6.45) is 9.40. The molecule has 0 aliphatic heterocycles. The average Bonchev–Trinajstić information content (AvgIpc) is 2.96. The molecule has 0 spiro atoms. The Labute approximate surface area is 185 Å². The van der Waals surface area contributed by atoms with Gasteiger partial charge < -0.3 is 9.53 Å². The monoisotopic (exact) mass is 434 g/mol. The molecule has 0 aromatic rings. The molecule has 0 radical (unpaired) electrons. The number of ketones is 1. The Morgan fingerprint density at radius 3 is 2.43 bits per heavy atom. The van der Waals surface area contributed by atoms with Crippen molar-refractivity contribution in [2.75, 3.05) is 6.61 Å². The number of carbonyl (C=O) groups is 1. The van der Waals surface area contributed by atoms with Crippen LogP contribution in [0.5, 0.6) is 0 Å². The van der Waals surface area contributed by atoms with Crippen LogP contribution in [0, 0.1) is 34.5 Å². The van der Waals surface area contributed by atoms with Gasteiger partial charge in [0.25, 0.3) is 0 Å². The Morgan fingerprint density at radius 1 is 1.07 bits per heavy atom. The number of carbonyl (C=O) groups excluding carboxylic acids is 1. The molecule has 0 amide bonds. The average molecular weight is 435 g/mol. The first-order valence-electron chi connectivity index (χ1n) is 12.7. The SMILES string of the molecule is C[C@H]1CCC[C@]2(CO[Si](C)(C)C(C)(C)C)[C@H]3CC[C@]4(C)C(=O)CC[C@H]4[C@@H]3CC[C@@]12O. The number of aliphatic hydroxyl groups is 1. The molecule has 0 saturated heterocycles. The molecular formula is C26H46O3Si. The third-order valence-electron chi connectivity index (χ3n) is 11.1. The van der Waals surface area contributed by atoms with Crippen molar-refractivity contribution >= 4 is 14.1 Å². The smallest absolute Gasteiger partial charge is 0.192 e. The first kappa shape index (κ1) is 23.0. The van der Waals surface area contributed by atoms with Crippen LogP contribution in [0.1, 0.15) is 92.4 Å². The van der Waals surface area contributed by atoms with E-state index in [1.807, 2.05) is 0 Å². The summed E-state index contributed by atoms with van der Waals surface area (Å²) in [6.45, 7) is 16.9. The summed E-state index contributed by atoms with van der Waals surface area (Å²) in [7, 11) is -1.90. The fourth-order valence-corrected chi connectivity index (χ4v) is 9.09. The summed E-state index contributed by atoms with van der Waals surface area (Å²) in [5, 5.41) is 12.5. The van der Waals surface area contributed by atoms with Crippen LogP contribution in [0.25, 0.3) is 0 Å². The predicted octanol–water partition coefficient (Wildman–Crippen LogP) is 6.35. The molecule has 3 nitrogen and oxygen atoms in total. The Kier molecular flexibility index (Phi) is 5.48. The molecule has 0 unspecified atom stereocenters. The predicted molar refractivity (Wildman–Crippen MR) is 125 cm³/mol. The van der Waals surface area contributed by atoms with E-state index < -0.39 is 13.9 Å². The van der Waals surface area contributed by atoms with Crippen molar-refractivity contribution in [1.29, 1.82) is 0 Å². The number of fused-ring (bicyclic) bond motifs is 5. The second-order valence-corrected chi connectivity index (χ2v) is 18.1. The molecule has 1 N–H and O–H groups in total. The van der Waals surface area contributed by atoms with Gasteiger partial charge in [-0.1, -0.05) is 41.0 Å². The Hall–Kier alpha value is -0.193. The van der Waals surface area contributed by atoms with Crippen LogP contribution in [0.15, 0.2) is 0 Å². The van der Waals surface area contributed by atoms with Gasteiger partial charge in [-0.05, 0) is 86.7 Å². The molecule has 30 heavy (non-hydrogen) atoms. The molecule has 4 fully saturated rings. The van der Waals surface area contributed by atoms with Crippen molar-refractivity contribution in [1.82, 2.24) is 0 Å². The van der Waals surface area contributed by atoms with Gasteiger partial charge in [0.2, 0.25) is 0 Å². The van der Waals surface area contributed by atoms with Gasteiger partial charge in [0, 0.05) is 23.9 Å². The molecule has 7 atom stereocenters. The third kappa shape index (κ3) is 3.06. The Bertz CT molecular complexity index is 697. The van der Waals surface area contributed by atoms with E-state index in [0.29, 0.717) is 29.5 Å². The van der Waals surface area contributed by atoms with Gasteiger partial charge >= 0.3 is 0 Å². The van der Waals surface area contributed by atoms with E-state index in [1.54, 1.807) is 0 Å². The first-order chi connectivity index (χ1) is 13.8. The van der Waals surface area contributed by atoms with Gasteiger partial charge in [-0.25, -0.2) is 0 Å². The van der Waals surface area contributed by atoms with Gasteiger partial charge in [0.15, 0.2) is 8.32 Å². The van der Waals surface area contributed by atoms with Crippen LogP contribution in [-0.2, 0) is 9.22 Å². The van der Waals surface area contributed by atoms with Crippen LogP contribution in [0.3, 0.4) is 0 Å². The zero-order valence-electron chi connectivity index (χ0n) is 20.6. The fraction of sp³-hybridized carbons (Fsp3) is 0.962. The van der Waals surface area contributed by atoms with E-state index in [9.17, 15) is 9.90 Å². The molecular weight excluding hydrogens is 388 g/mol. The molecule has 0 aromatic heterocycles. The van der Waals surface area contributed by atoms with Crippen LogP contribution < -0.4 is 0 Å². The van der Waals surface area contributed by atoms with Gasteiger partial charge in [0.1, 0.15) is 5.78 Å². The van der Waals surface area contributed by atoms with E-state index in [4.69, 9.17) is 4.43 Å². The fourth-order valence-electron chi connectivity index (χ4n) is 8.04. The van der Waals surface area contributed by atoms with E-state index in [1.165, 1.54) is 6.42 Å². The van der Waals surface area contributed by atoms with E-state index in [0.717, 1.165) is 58.0 Å². The van der Waals surface area contributed by atoms with E-state index in [-0.39, 0.29) is 15.9 Å². The highest BCUT2D eigenvalue weighted by atomic mass is 28.4. The summed E-state index contributed by atoms with van der Waals surface area (Å²) in [6, 6.07) is 0. The molecule has 4 saturated carbocycles. The molecule has 4 heteroatoms. The van der Waals surface area contributed by atoms with Crippen LogP contribution in [0.2, 0.25) is 18.1 Å². The minimum atomic E-state index is -1.90. The van der Waals surface area contributed by atoms with Crippen LogP contribution >= 0.6 is 0 Å². The Balaban J connectivity index is 1.70. The van der Waals surface area contributed by atoms with Gasteiger partial charge in [-0.2, -0.15) is 0 Å². The minimum Gasteiger partial charge on any atom is -0.416 e. The Morgan fingerprint density at radius 2 is 1.77 bits per heavy atom. The van der Waals surface area contributed by atoms with Crippen LogP contribution in [-0.4, -0.2) is 31.4 Å². The molecule has 0 aromatic carbocycles. The zero-order valence-corrected chi connectivity index (χ0v) is 21.6. The maximum Gasteiger partial charge on any atom is 0.192 e. The molecule has 172 valence electrons. The summed E-state index contributed by atoms with van der Waals surface area (Å²) >= 11 is 0. The molecule has 0 heterocycles. The molecule has 0 bridgehead atoms. The van der Waals surface area contributed by atoms with Crippen molar-refractivity contribution in [2.45, 2.75) is 116 Å². The second kappa shape index (κ2) is 7.15. The van der Waals surface area contributed by atoms with Crippen molar-refractivity contribution in [2.24, 2.45) is 34.5 Å². The highest BCUT2D eigenvalue weighted by Gasteiger charge is 2.67. The van der Waals surface area contributed by atoms with Crippen LogP contribution in [0.4, 0.5) is 0 Å². The van der Waals surface area contributed by atoms with Gasteiger partial charge in [0.05, 0.1) is 5.60 Å². The third-order valence-corrected chi connectivity index (χ3v) is 15.6. The summed E-state index contributed by atoms with van der Waals surface area (Å²) in [5.74, 6) is 2.47. The van der Waals surface area contributed by atoms with Crippen molar-refractivity contribution in [3.8, 4) is 0 Å². The highest BCUT2D eigenvalue weighted by molar-refractivity contribution is 6.74. The number of Topliss-reactive ketones (excluding diaryl/α,β-unsaturated/α-hetero) is 1. The summed E-state index contributed by atoms with van der Waals surface area (Å²) in [5.41, 5.74) is -0.834. The van der Waals surface area contributed by atoms with Gasteiger partial charge in [-0.15, -0.1) is 0 Å². The lowest BCUT2D eigenvalue weighted by atomic mass is 9.42. The zero-order chi connectivity index (χ0) is 22.2. The lowest BCUT2D eigenvalue weighted by Gasteiger charge is -2.66. The second-order valence-electron chi connectivity index (χ2n) is 13.3. The minimum absolute atomic E-state index is 0.0988. The van der Waals surface area contributed by atoms with Gasteiger partial charge in [-0.3, -0.25) is 4.79 Å². The van der Waals surface area contributed by atoms with Crippen molar-refractivity contribution < 1.29 is 14.3 Å². The topological polar surface area (TPSA) is 46.5 Å². The van der Waals surface area contributed by atoms with E-state index in [2.05, 4.69) is 47.7 Å². The van der Waals surface area contributed by atoms with E-state index >= 15 is 0 Å². The quantitative estimate of drug-likeness (QED) is 0.526. The molecule has 4 aliphatic rings. The highest BCUT2D eigenvalue weighted by Crippen LogP contribution is 2.67. The molecule has 4 rings (SSSR count). The summed E-state index contributed by atoms with van der Waals surface area (Å²) < 4.78 is 6.93. The normalized spacial score (nSPS) is 46.9. The lowest BCUT2D eigenvalue weighted by Crippen LogP contribution is -2.67.